The second-order valence-corrected chi connectivity index (χ2v) is 10.9. The van der Waals surface area contributed by atoms with E-state index in [-0.39, 0.29) is 17.5 Å². The van der Waals surface area contributed by atoms with Gasteiger partial charge in [-0.3, -0.25) is 14.6 Å². The molecule has 2 aliphatic rings. The largest absolute Gasteiger partial charge is 0.358 e. The first kappa shape index (κ1) is 25.9. The van der Waals surface area contributed by atoms with Gasteiger partial charge in [-0.2, -0.15) is 5.10 Å². The zero-order valence-electron chi connectivity index (χ0n) is 23.0. The second-order valence-electron chi connectivity index (χ2n) is 10.9. The van der Waals surface area contributed by atoms with Gasteiger partial charge in [-0.1, -0.05) is 23.8 Å². The lowest BCUT2D eigenvalue weighted by atomic mass is 9.83. The maximum atomic E-state index is 14.5. The summed E-state index contributed by atoms with van der Waals surface area (Å²) in [5.74, 6) is -0.270. The van der Waals surface area contributed by atoms with Crippen molar-refractivity contribution < 1.29 is 14.0 Å². The summed E-state index contributed by atoms with van der Waals surface area (Å²) in [5.41, 5.74) is 5.24. The maximum Gasteiger partial charge on any atom is 0.274 e. The Morgan fingerprint density at radius 3 is 2.35 bits per heavy atom. The van der Waals surface area contributed by atoms with Gasteiger partial charge >= 0.3 is 0 Å². The highest BCUT2D eigenvalue weighted by Gasteiger charge is 2.50. The molecule has 0 bridgehead atoms. The number of ketones is 1. The van der Waals surface area contributed by atoms with Crippen molar-refractivity contribution in [3.8, 4) is 16.9 Å². The first-order valence-electron chi connectivity index (χ1n) is 13.7. The van der Waals surface area contributed by atoms with Gasteiger partial charge in [0.2, 0.25) is 0 Å². The van der Waals surface area contributed by atoms with E-state index in [0.717, 1.165) is 11.3 Å². The Morgan fingerprint density at radius 2 is 1.68 bits per heavy atom. The fraction of sp³-hybridized carbons (Fsp3) is 0.312. The summed E-state index contributed by atoms with van der Waals surface area (Å²) < 4.78 is 16.2. The number of carbonyl (C=O) groups is 2. The van der Waals surface area contributed by atoms with Crippen LogP contribution in [0, 0.1) is 26.6 Å². The molecule has 0 radical (unpaired) electrons. The number of rotatable bonds is 4. The molecule has 0 saturated carbocycles. The number of likely N-dealkylation sites (tertiary alicyclic amines) is 1. The predicted molar refractivity (Wildman–Crippen MR) is 152 cm³/mol. The number of amides is 1. The predicted octanol–water partition coefficient (Wildman–Crippen LogP) is 5.45. The standard InChI is InChI=1S/C32H32FN5O2/c1-21-6-9-25(10-7-21)37-16-12-28(39)32(37)13-17-36(18-14-32)31(40)29-23(3)30(24-5-4-15-34-20-24)38(35-29)26-11-8-22(2)27(33)19-26/h4-11,15,19-20H,12-14,16-18H2,1-3H3. The molecule has 0 unspecified atom stereocenters. The van der Waals surface area contributed by atoms with Gasteiger partial charge in [-0.25, -0.2) is 9.07 Å². The van der Waals surface area contributed by atoms with E-state index in [1.165, 1.54) is 11.6 Å². The number of hydrogen-bond donors (Lipinski definition) is 0. The van der Waals surface area contributed by atoms with Crippen molar-refractivity contribution in [3.05, 3.63) is 95.2 Å². The lowest BCUT2D eigenvalue weighted by molar-refractivity contribution is -0.123. The number of aryl methyl sites for hydroxylation is 2. The van der Waals surface area contributed by atoms with Crippen LogP contribution < -0.4 is 4.90 Å². The number of aromatic nitrogens is 3. The van der Waals surface area contributed by atoms with Gasteiger partial charge in [0.25, 0.3) is 5.91 Å². The molecule has 4 aromatic rings. The Balaban J connectivity index is 1.31. The Bertz CT molecular complexity index is 1590. The van der Waals surface area contributed by atoms with Crippen molar-refractivity contribution in [1.82, 2.24) is 19.7 Å². The number of piperidine rings is 1. The fourth-order valence-electron chi connectivity index (χ4n) is 6.13. The molecule has 7 nitrogen and oxygen atoms in total. The van der Waals surface area contributed by atoms with Crippen LogP contribution in [0.15, 0.2) is 67.0 Å². The van der Waals surface area contributed by atoms with Gasteiger partial charge in [0, 0.05) is 55.3 Å². The van der Waals surface area contributed by atoms with E-state index < -0.39 is 5.54 Å². The summed E-state index contributed by atoms with van der Waals surface area (Å²) in [5, 5.41) is 4.73. The molecular formula is C32H32FN5O2. The topological polar surface area (TPSA) is 71.3 Å². The molecule has 0 N–H and O–H groups in total. The molecule has 40 heavy (non-hydrogen) atoms. The SMILES string of the molecule is Cc1ccc(N2CCC(=O)C23CCN(C(=O)c2nn(-c4ccc(C)c(F)c4)c(-c4cccnc4)c2C)CC3)cc1. The second kappa shape index (κ2) is 10.0. The molecule has 2 aliphatic heterocycles. The summed E-state index contributed by atoms with van der Waals surface area (Å²) in [6.45, 7) is 7.25. The molecule has 0 atom stereocenters. The molecule has 4 heterocycles. The van der Waals surface area contributed by atoms with E-state index in [2.05, 4.69) is 41.1 Å². The minimum Gasteiger partial charge on any atom is -0.358 e. The number of benzene rings is 2. The maximum absolute atomic E-state index is 14.5. The van der Waals surface area contributed by atoms with Crippen molar-refractivity contribution >= 4 is 17.4 Å². The number of carbonyl (C=O) groups excluding carboxylic acids is 2. The van der Waals surface area contributed by atoms with Crippen LogP contribution in [0.5, 0.6) is 0 Å². The van der Waals surface area contributed by atoms with Crippen molar-refractivity contribution in [2.45, 2.75) is 45.6 Å². The van der Waals surface area contributed by atoms with Crippen molar-refractivity contribution in [2.75, 3.05) is 24.5 Å². The Kier molecular flexibility index (Phi) is 6.49. The highest BCUT2D eigenvalue weighted by Crippen LogP contribution is 2.40. The molecular weight excluding hydrogens is 505 g/mol. The van der Waals surface area contributed by atoms with E-state index in [0.29, 0.717) is 67.1 Å². The molecule has 6 rings (SSSR count). The molecule has 2 aromatic carbocycles. The van der Waals surface area contributed by atoms with Gasteiger partial charge in [0.1, 0.15) is 11.4 Å². The third kappa shape index (κ3) is 4.28. The summed E-state index contributed by atoms with van der Waals surface area (Å²) in [7, 11) is 0. The Morgan fingerprint density at radius 1 is 0.950 bits per heavy atom. The van der Waals surface area contributed by atoms with Crippen LogP contribution in [0.1, 0.15) is 46.4 Å². The van der Waals surface area contributed by atoms with Gasteiger partial charge < -0.3 is 9.80 Å². The van der Waals surface area contributed by atoms with Crippen LogP contribution in [-0.4, -0.2) is 56.5 Å². The van der Waals surface area contributed by atoms with E-state index in [1.54, 1.807) is 41.0 Å². The first-order valence-corrected chi connectivity index (χ1v) is 13.7. The quantitative estimate of drug-likeness (QED) is 0.346. The lowest BCUT2D eigenvalue weighted by Crippen LogP contribution is -2.56. The molecule has 0 aliphatic carbocycles. The highest BCUT2D eigenvalue weighted by atomic mass is 19.1. The van der Waals surface area contributed by atoms with Gasteiger partial charge in [0.05, 0.1) is 11.4 Å². The summed E-state index contributed by atoms with van der Waals surface area (Å²) in [6.07, 6.45) is 5.07. The molecule has 8 heteroatoms. The summed E-state index contributed by atoms with van der Waals surface area (Å²) >= 11 is 0. The molecule has 2 saturated heterocycles. The van der Waals surface area contributed by atoms with E-state index in [9.17, 15) is 14.0 Å². The number of halogens is 1. The highest BCUT2D eigenvalue weighted by molar-refractivity contribution is 5.98. The van der Waals surface area contributed by atoms with E-state index in [1.807, 2.05) is 19.1 Å². The van der Waals surface area contributed by atoms with Gasteiger partial charge in [0.15, 0.2) is 11.5 Å². The minimum absolute atomic E-state index is 0.184. The number of anilines is 1. The van der Waals surface area contributed by atoms with Crippen LogP contribution in [0.4, 0.5) is 10.1 Å². The molecule has 2 fully saturated rings. The van der Waals surface area contributed by atoms with Crippen molar-refractivity contribution in [3.63, 3.8) is 0 Å². The number of Topliss-reactive ketones (excluding diaryl/α,β-unsaturated/α-hetero) is 1. The molecule has 1 spiro atoms. The van der Waals surface area contributed by atoms with Gasteiger partial charge in [-0.15, -0.1) is 0 Å². The van der Waals surface area contributed by atoms with Crippen LogP contribution in [0.2, 0.25) is 0 Å². The zero-order valence-corrected chi connectivity index (χ0v) is 23.0. The number of pyridine rings is 1. The third-order valence-electron chi connectivity index (χ3n) is 8.48. The molecule has 1 amide bonds. The third-order valence-corrected chi connectivity index (χ3v) is 8.48. The van der Waals surface area contributed by atoms with Crippen LogP contribution >= 0.6 is 0 Å². The van der Waals surface area contributed by atoms with E-state index >= 15 is 0 Å². The van der Waals surface area contributed by atoms with E-state index in [4.69, 9.17) is 5.10 Å². The summed E-state index contributed by atoms with van der Waals surface area (Å²) in [6, 6.07) is 17.0. The van der Waals surface area contributed by atoms with Crippen LogP contribution in [0.3, 0.4) is 0 Å². The first-order chi connectivity index (χ1) is 19.3. The van der Waals surface area contributed by atoms with Crippen molar-refractivity contribution in [2.24, 2.45) is 0 Å². The number of hydrogen-bond acceptors (Lipinski definition) is 5. The minimum atomic E-state index is -0.583. The normalized spacial score (nSPS) is 16.6. The summed E-state index contributed by atoms with van der Waals surface area (Å²) in [4.78, 5) is 35.4. The zero-order chi connectivity index (χ0) is 28.0. The fourth-order valence-corrected chi connectivity index (χ4v) is 6.13. The van der Waals surface area contributed by atoms with Gasteiger partial charge in [-0.05, 0) is 75.6 Å². The lowest BCUT2D eigenvalue weighted by Gasteiger charge is -2.44. The molecule has 204 valence electrons. The Hall–Kier alpha value is -4.33. The molecule has 2 aromatic heterocycles. The van der Waals surface area contributed by atoms with Crippen molar-refractivity contribution in [1.29, 1.82) is 0 Å². The number of nitrogens with zero attached hydrogens (tertiary/aromatic N) is 5. The van der Waals surface area contributed by atoms with Crippen LogP contribution in [-0.2, 0) is 4.79 Å². The smallest absolute Gasteiger partial charge is 0.274 e. The average molecular weight is 538 g/mol. The monoisotopic (exact) mass is 537 g/mol. The Labute approximate surface area is 233 Å². The van der Waals surface area contributed by atoms with Crippen LogP contribution in [0.25, 0.3) is 16.9 Å². The average Bonchev–Trinajstić information content (AvgIpc) is 3.47.